The Morgan fingerprint density at radius 2 is 1.79 bits per heavy atom. The molecule has 0 aliphatic carbocycles. The first-order valence-corrected chi connectivity index (χ1v) is 15.3. The lowest BCUT2D eigenvalue weighted by Gasteiger charge is -2.34. The summed E-state index contributed by atoms with van der Waals surface area (Å²) in [6.45, 7) is 13.6. The van der Waals surface area contributed by atoms with Crippen molar-refractivity contribution in [2.24, 2.45) is 4.99 Å². The number of sulfonamides is 1. The van der Waals surface area contributed by atoms with Gasteiger partial charge in [-0.3, -0.25) is 14.7 Å². The van der Waals surface area contributed by atoms with Crippen LogP contribution in [-0.4, -0.2) is 67.6 Å². The van der Waals surface area contributed by atoms with Crippen molar-refractivity contribution >= 4 is 33.5 Å². The van der Waals surface area contributed by atoms with Crippen LogP contribution in [0.2, 0.25) is 0 Å². The van der Waals surface area contributed by atoms with Crippen molar-refractivity contribution in [1.82, 2.24) is 9.62 Å². The summed E-state index contributed by atoms with van der Waals surface area (Å²) in [6.07, 6.45) is 6.16. The maximum Gasteiger partial charge on any atom is 0.414 e. The molecule has 1 fully saturated rings. The van der Waals surface area contributed by atoms with Crippen LogP contribution in [0.4, 0.5) is 10.5 Å². The van der Waals surface area contributed by atoms with Gasteiger partial charge in [-0.05, 0) is 102 Å². The van der Waals surface area contributed by atoms with Gasteiger partial charge in [-0.1, -0.05) is 6.08 Å². The van der Waals surface area contributed by atoms with Gasteiger partial charge in [0.05, 0.1) is 5.75 Å². The number of rotatable bonds is 10. The van der Waals surface area contributed by atoms with E-state index in [1.807, 2.05) is 52.8 Å². The van der Waals surface area contributed by atoms with Crippen LogP contribution in [0.15, 0.2) is 29.8 Å². The van der Waals surface area contributed by atoms with Gasteiger partial charge in [-0.25, -0.2) is 17.5 Å². The lowest BCUT2D eigenvalue weighted by molar-refractivity contribution is -0.124. The average molecular weight is 561 g/mol. The van der Waals surface area contributed by atoms with Gasteiger partial charge in [0.2, 0.25) is 10.0 Å². The molecular formula is C29H44N4O5S. The van der Waals surface area contributed by atoms with E-state index in [1.54, 1.807) is 7.05 Å². The summed E-state index contributed by atoms with van der Waals surface area (Å²) < 4.78 is 33.4. The average Bonchev–Trinajstić information content (AvgIpc) is 3.14. The van der Waals surface area contributed by atoms with Crippen LogP contribution in [0, 0.1) is 13.8 Å². The fourth-order valence-corrected chi connectivity index (χ4v) is 6.57. The molecule has 216 valence electrons. The van der Waals surface area contributed by atoms with Gasteiger partial charge in [0, 0.05) is 32.2 Å². The molecule has 0 saturated carbocycles. The molecular weight excluding hydrogens is 516 g/mol. The zero-order valence-corrected chi connectivity index (χ0v) is 25.1. The number of benzene rings is 1. The summed E-state index contributed by atoms with van der Waals surface area (Å²) in [5.41, 5.74) is 2.05. The van der Waals surface area contributed by atoms with Crippen LogP contribution < -0.4 is 10.2 Å². The van der Waals surface area contributed by atoms with Crippen LogP contribution in [0.1, 0.15) is 76.0 Å². The molecule has 1 spiro atoms. The molecule has 1 aromatic carbocycles. The minimum absolute atomic E-state index is 0.0209. The van der Waals surface area contributed by atoms with Crippen molar-refractivity contribution in [3.05, 3.63) is 41.5 Å². The van der Waals surface area contributed by atoms with Crippen LogP contribution >= 0.6 is 0 Å². The zero-order chi connectivity index (χ0) is 29.0. The zero-order valence-electron chi connectivity index (χ0n) is 24.3. The third-order valence-electron chi connectivity index (χ3n) is 7.39. The third kappa shape index (κ3) is 7.69. The highest BCUT2D eigenvalue weighted by Gasteiger charge is 2.47. The number of nitrogens with zero attached hydrogens (tertiary/aromatic N) is 3. The van der Waals surface area contributed by atoms with E-state index in [-0.39, 0.29) is 24.7 Å². The number of ether oxygens (including phenoxy) is 1. The molecule has 39 heavy (non-hydrogen) atoms. The number of aliphatic imine (C=N–C) groups is 1. The van der Waals surface area contributed by atoms with Gasteiger partial charge in [-0.2, -0.15) is 0 Å². The van der Waals surface area contributed by atoms with Crippen molar-refractivity contribution in [2.75, 3.05) is 30.8 Å². The molecule has 0 radical (unpaired) electrons. The molecule has 0 bridgehead atoms. The van der Waals surface area contributed by atoms with Gasteiger partial charge in [0.15, 0.2) is 0 Å². The Balaban J connectivity index is 1.60. The number of allylic oxidation sites excluding steroid dienone is 1. The first-order chi connectivity index (χ1) is 18.2. The summed E-state index contributed by atoms with van der Waals surface area (Å²) in [6, 6.07) is 3.77. The van der Waals surface area contributed by atoms with E-state index < -0.39 is 27.3 Å². The maximum atomic E-state index is 13.2. The molecule has 2 aliphatic heterocycles. The SMILES string of the molecule is C=CCCCCC1=NC2(CCN(S(=O)(=O)CCc3c(C)cc(N(C)C(=O)OC(C)(C)C)cc3C)CC2)C(=O)N1. The number of piperidine rings is 1. The van der Waals surface area contributed by atoms with Gasteiger partial charge in [0.1, 0.15) is 17.0 Å². The Labute approximate surface area is 233 Å². The van der Waals surface area contributed by atoms with E-state index in [0.717, 1.165) is 36.0 Å². The van der Waals surface area contributed by atoms with Gasteiger partial charge in [-0.15, -0.1) is 6.58 Å². The summed E-state index contributed by atoms with van der Waals surface area (Å²) in [5, 5.41) is 2.92. The number of amidine groups is 1. The molecule has 2 heterocycles. The molecule has 9 nitrogen and oxygen atoms in total. The number of carbonyl (C=O) groups excluding carboxylic acids is 2. The van der Waals surface area contributed by atoms with E-state index in [9.17, 15) is 18.0 Å². The van der Waals surface area contributed by atoms with E-state index in [4.69, 9.17) is 9.73 Å². The smallest absolute Gasteiger partial charge is 0.414 e. The molecule has 1 saturated heterocycles. The maximum absolute atomic E-state index is 13.2. The molecule has 1 N–H and O–H groups in total. The topological polar surface area (TPSA) is 108 Å². The number of hydrogen-bond donors (Lipinski definition) is 1. The molecule has 0 unspecified atom stereocenters. The van der Waals surface area contributed by atoms with Crippen LogP contribution in [0.3, 0.4) is 0 Å². The Kier molecular flexibility index (Phi) is 9.64. The quantitative estimate of drug-likeness (QED) is 0.331. The highest BCUT2D eigenvalue weighted by molar-refractivity contribution is 7.89. The lowest BCUT2D eigenvalue weighted by Crippen LogP contribution is -2.50. The van der Waals surface area contributed by atoms with Crippen LogP contribution in [-0.2, 0) is 26.0 Å². The summed E-state index contributed by atoms with van der Waals surface area (Å²) in [7, 11) is -1.85. The predicted octanol–water partition coefficient (Wildman–Crippen LogP) is 4.66. The first kappa shape index (κ1) is 30.8. The minimum Gasteiger partial charge on any atom is -0.443 e. The number of hydrogen-bond acceptors (Lipinski definition) is 6. The second-order valence-corrected chi connectivity index (χ2v) is 13.7. The summed E-state index contributed by atoms with van der Waals surface area (Å²) in [4.78, 5) is 31.4. The number of nitrogens with one attached hydrogen (secondary N) is 1. The van der Waals surface area contributed by atoms with Gasteiger partial charge in [0.25, 0.3) is 5.91 Å². The number of unbranched alkanes of at least 4 members (excludes halogenated alkanes) is 2. The second-order valence-electron chi connectivity index (χ2n) is 11.6. The van der Waals surface area contributed by atoms with E-state index in [2.05, 4.69) is 11.9 Å². The first-order valence-electron chi connectivity index (χ1n) is 13.7. The largest absolute Gasteiger partial charge is 0.443 e. The summed E-state index contributed by atoms with van der Waals surface area (Å²) in [5.74, 6) is 0.584. The molecule has 2 aliphatic rings. The normalized spacial score (nSPS) is 17.6. The van der Waals surface area contributed by atoms with E-state index in [0.29, 0.717) is 37.2 Å². The monoisotopic (exact) mass is 560 g/mol. The second kappa shape index (κ2) is 12.2. The number of anilines is 1. The third-order valence-corrected chi connectivity index (χ3v) is 9.26. The van der Waals surface area contributed by atoms with Crippen molar-refractivity contribution in [2.45, 2.75) is 90.7 Å². The minimum atomic E-state index is -3.51. The highest BCUT2D eigenvalue weighted by atomic mass is 32.2. The van der Waals surface area contributed by atoms with Crippen molar-refractivity contribution < 1.29 is 22.7 Å². The fourth-order valence-electron chi connectivity index (χ4n) is 5.11. The van der Waals surface area contributed by atoms with Gasteiger partial charge >= 0.3 is 6.09 Å². The standard InChI is InChI=1S/C29H44N4O5S/c1-8-9-10-11-12-25-30-26(34)29(31-25)14-16-33(17-15-29)39(36,37)18-13-24-21(2)19-23(20-22(24)3)32(7)27(35)38-28(4,5)6/h8,19-20H,1,9-18H2,2-7H3,(H,30,31,34). The summed E-state index contributed by atoms with van der Waals surface area (Å²) >= 11 is 0. The molecule has 10 heteroatoms. The Bertz CT molecular complexity index is 1200. The van der Waals surface area contributed by atoms with E-state index >= 15 is 0 Å². The number of amides is 2. The Hall–Kier alpha value is -2.72. The number of carbonyl (C=O) groups is 2. The van der Waals surface area contributed by atoms with E-state index in [1.165, 1.54) is 9.21 Å². The fraction of sp³-hybridized carbons (Fsp3) is 0.621. The van der Waals surface area contributed by atoms with Crippen molar-refractivity contribution in [3.8, 4) is 0 Å². The predicted molar refractivity (Wildman–Crippen MR) is 156 cm³/mol. The van der Waals surface area contributed by atoms with Crippen molar-refractivity contribution in [3.63, 3.8) is 0 Å². The lowest BCUT2D eigenvalue weighted by atomic mass is 9.89. The van der Waals surface area contributed by atoms with Gasteiger partial charge < -0.3 is 10.1 Å². The van der Waals surface area contributed by atoms with Crippen LogP contribution in [0.5, 0.6) is 0 Å². The van der Waals surface area contributed by atoms with Crippen LogP contribution in [0.25, 0.3) is 0 Å². The Morgan fingerprint density at radius 3 is 2.36 bits per heavy atom. The molecule has 2 amide bonds. The highest BCUT2D eigenvalue weighted by Crippen LogP contribution is 2.32. The number of aryl methyl sites for hydroxylation is 2. The molecule has 0 aromatic heterocycles. The molecule has 0 atom stereocenters. The van der Waals surface area contributed by atoms with Crippen molar-refractivity contribution in [1.29, 1.82) is 0 Å². The Morgan fingerprint density at radius 1 is 1.18 bits per heavy atom. The molecule has 3 rings (SSSR count). The molecule has 1 aromatic rings.